The molecule has 150 valence electrons. The molecule has 5 nitrogen and oxygen atoms in total. The third-order valence-corrected chi connectivity index (χ3v) is 6.67. The fourth-order valence-corrected chi connectivity index (χ4v) is 4.76. The minimum absolute atomic E-state index is 0.127. The number of hydrogen-bond acceptors (Lipinski definition) is 3. The molecule has 0 spiro atoms. The summed E-state index contributed by atoms with van der Waals surface area (Å²) in [5, 5.41) is 2.84. The first kappa shape index (κ1) is 21.1. The van der Waals surface area contributed by atoms with Gasteiger partial charge in [-0.05, 0) is 48.4 Å². The minimum atomic E-state index is -3.92. The molecule has 3 rings (SSSR count). The topological polar surface area (TPSA) is 66.5 Å². The van der Waals surface area contributed by atoms with Crippen LogP contribution in [0.1, 0.15) is 12.5 Å². The third kappa shape index (κ3) is 5.05. The lowest BCUT2D eigenvalue weighted by atomic mass is 10.1. The molecule has 0 aliphatic carbocycles. The first-order chi connectivity index (χ1) is 13.9. The Kier molecular flexibility index (Phi) is 6.71. The Balaban J connectivity index is 1.95. The van der Waals surface area contributed by atoms with Crippen LogP contribution in [0, 0.1) is 0 Å². The molecule has 29 heavy (non-hydrogen) atoms. The maximum Gasteiger partial charge on any atom is 0.264 e. The second-order valence-electron chi connectivity index (χ2n) is 6.36. The number of hydrogen-bond donors (Lipinski definition) is 1. The van der Waals surface area contributed by atoms with Gasteiger partial charge in [0.2, 0.25) is 5.91 Å². The fraction of sp³-hybridized carbons (Fsp3) is 0.136. The van der Waals surface area contributed by atoms with Gasteiger partial charge in [0, 0.05) is 10.2 Å². The Morgan fingerprint density at radius 3 is 2.34 bits per heavy atom. The molecule has 0 saturated carbocycles. The van der Waals surface area contributed by atoms with E-state index in [1.54, 1.807) is 42.5 Å². The maximum absolute atomic E-state index is 13.3. The van der Waals surface area contributed by atoms with Crippen molar-refractivity contribution in [2.45, 2.75) is 18.2 Å². The van der Waals surface area contributed by atoms with Gasteiger partial charge >= 0.3 is 0 Å². The zero-order chi connectivity index (χ0) is 20.9. The SMILES string of the molecule is CCc1ccccc1NC(=O)CN(c1cccc(Br)c1)S(=O)(=O)c1ccccc1. The van der Waals surface area contributed by atoms with Crippen molar-refractivity contribution in [2.24, 2.45) is 0 Å². The van der Waals surface area contributed by atoms with Gasteiger partial charge in [0.15, 0.2) is 0 Å². The largest absolute Gasteiger partial charge is 0.324 e. The zero-order valence-electron chi connectivity index (χ0n) is 15.9. The van der Waals surface area contributed by atoms with Crippen molar-refractivity contribution in [1.82, 2.24) is 0 Å². The van der Waals surface area contributed by atoms with Crippen LogP contribution in [0.25, 0.3) is 0 Å². The number of halogens is 1. The normalized spacial score (nSPS) is 11.1. The summed E-state index contributed by atoms with van der Waals surface area (Å²) in [4.78, 5) is 12.9. The molecule has 7 heteroatoms. The van der Waals surface area contributed by atoms with Crippen molar-refractivity contribution in [1.29, 1.82) is 0 Å². The van der Waals surface area contributed by atoms with Crippen LogP contribution in [-0.2, 0) is 21.2 Å². The van der Waals surface area contributed by atoms with E-state index in [1.165, 1.54) is 12.1 Å². The average Bonchev–Trinajstić information content (AvgIpc) is 2.73. The Morgan fingerprint density at radius 2 is 1.66 bits per heavy atom. The Labute approximate surface area is 179 Å². The van der Waals surface area contributed by atoms with Crippen molar-refractivity contribution in [3.05, 3.63) is 88.9 Å². The van der Waals surface area contributed by atoms with E-state index in [4.69, 9.17) is 0 Å². The van der Waals surface area contributed by atoms with Gasteiger partial charge in [0.25, 0.3) is 10.0 Å². The van der Waals surface area contributed by atoms with Crippen molar-refractivity contribution in [2.75, 3.05) is 16.2 Å². The molecular formula is C22H21BrN2O3S. The van der Waals surface area contributed by atoms with E-state index in [1.807, 2.05) is 31.2 Å². The van der Waals surface area contributed by atoms with E-state index in [9.17, 15) is 13.2 Å². The third-order valence-electron chi connectivity index (χ3n) is 4.39. The summed E-state index contributed by atoms with van der Waals surface area (Å²) in [6.45, 7) is 1.66. The average molecular weight is 473 g/mol. The van der Waals surface area contributed by atoms with Gasteiger partial charge in [0.05, 0.1) is 10.6 Å². The molecular weight excluding hydrogens is 452 g/mol. The Morgan fingerprint density at radius 1 is 0.966 bits per heavy atom. The number of carbonyl (C=O) groups excluding carboxylic acids is 1. The van der Waals surface area contributed by atoms with Crippen LogP contribution < -0.4 is 9.62 Å². The molecule has 0 unspecified atom stereocenters. The van der Waals surface area contributed by atoms with E-state index in [0.717, 1.165) is 20.8 Å². The molecule has 0 atom stereocenters. The highest BCUT2D eigenvalue weighted by molar-refractivity contribution is 9.10. The monoisotopic (exact) mass is 472 g/mol. The molecule has 0 bridgehead atoms. The van der Waals surface area contributed by atoms with Gasteiger partial charge in [0.1, 0.15) is 6.54 Å². The Hall–Kier alpha value is -2.64. The van der Waals surface area contributed by atoms with Gasteiger partial charge < -0.3 is 5.32 Å². The van der Waals surface area contributed by atoms with Crippen LogP contribution in [0.5, 0.6) is 0 Å². The second kappa shape index (κ2) is 9.24. The van der Waals surface area contributed by atoms with Crippen LogP contribution in [0.15, 0.2) is 88.2 Å². The molecule has 1 N–H and O–H groups in total. The number of sulfonamides is 1. The van der Waals surface area contributed by atoms with E-state index < -0.39 is 15.9 Å². The van der Waals surface area contributed by atoms with E-state index in [2.05, 4.69) is 21.2 Å². The van der Waals surface area contributed by atoms with Gasteiger partial charge in [-0.1, -0.05) is 65.3 Å². The molecule has 0 aromatic heterocycles. The standard InChI is InChI=1S/C22H21BrN2O3S/c1-2-17-9-6-7-14-21(17)24-22(26)16-25(19-11-8-10-18(23)15-19)29(27,28)20-12-4-3-5-13-20/h3-15H,2,16H2,1H3,(H,24,26). The van der Waals surface area contributed by atoms with Crippen LogP contribution in [0.3, 0.4) is 0 Å². The summed E-state index contributed by atoms with van der Waals surface area (Å²) in [5.41, 5.74) is 2.08. The summed E-state index contributed by atoms with van der Waals surface area (Å²) in [6.07, 6.45) is 0.758. The first-order valence-electron chi connectivity index (χ1n) is 9.13. The van der Waals surface area contributed by atoms with Gasteiger partial charge in [-0.15, -0.1) is 0 Å². The molecule has 0 aliphatic rings. The van der Waals surface area contributed by atoms with Gasteiger partial charge in [-0.3, -0.25) is 9.10 Å². The maximum atomic E-state index is 13.3. The minimum Gasteiger partial charge on any atom is -0.324 e. The number of nitrogens with one attached hydrogen (secondary N) is 1. The number of aryl methyl sites for hydroxylation is 1. The van der Waals surface area contributed by atoms with Crippen LogP contribution in [-0.4, -0.2) is 20.9 Å². The summed E-state index contributed by atoms with van der Waals surface area (Å²) in [7, 11) is -3.92. The number of amides is 1. The second-order valence-corrected chi connectivity index (χ2v) is 9.14. The first-order valence-corrected chi connectivity index (χ1v) is 11.4. The molecule has 0 heterocycles. The van der Waals surface area contributed by atoms with Crippen molar-refractivity contribution < 1.29 is 13.2 Å². The highest BCUT2D eigenvalue weighted by Crippen LogP contribution is 2.26. The van der Waals surface area contributed by atoms with Crippen molar-refractivity contribution in [3.8, 4) is 0 Å². The van der Waals surface area contributed by atoms with Crippen molar-refractivity contribution in [3.63, 3.8) is 0 Å². The van der Waals surface area contributed by atoms with Crippen LogP contribution in [0.4, 0.5) is 11.4 Å². The number of rotatable bonds is 7. The number of para-hydroxylation sites is 1. The Bertz CT molecular complexity index is 1100. The smallest absolute Gasteiger partial charge is 0.264 e. The molecule has 3 aromatic carbocycles. The molecule has 1 amide bonds. The quantitative estimate of drug-likeness (QED) is 0.534. The molecule has 0 saturated heterocycles. The predicted molar refractivity (Wildman–Crippen MR) is 120 cm³/mol. The summed E-state index contributed by atoms with van der Waals surface area (Å²) < 4.78 is 28.4. The van der Waals surface area contributed by atoms with Gasteiger partial charge in [-0.2, -0.15) is 0 Å². The molecule has 0 fully saturated rings. The van der Waals surface area contributed by atoms with E-state index in [-0.39, 0.29) is 11.4 Å². The lowest BCUT2D eigenvalue weighted by Crippen LogP contribution is -2.38. The lowest BCUT2D eigenvalue weighted by Gasteiger charge is -2.24. The predicted octanol–water partition coefficient (Wildman–Crippen LogP) is 4.85. The van der Waals surface area contributed by atoms with Crippen molar-refractivity contribution >= 4 is 43.2 Å². The highest BCUT2D eigenvalue weighted by atomic mass is 79.9. The molecule has 0 aliphatic heterocycles. The number of nitrogens with zero attached hydrogens (tertiary/aromatic N) is 1. The zero-order valence-corrected chi connectivity index (χ0v) is 18.3. The number of benzene rings is 3. The van der Waals surface area contributed by atoms with Crippen LogP contribution in [0.2, 0.25) is 0 Å². The highest BCUT2D eigenvalue weighted by Gasteiger charge is 2.27. The fourth-order valence-electron chi connectivity index (χ4n) is 2.94. The molecule has 0 radical (unpaired) electrons. The van der Waals surface area contributed by atoms with E-state index >= 15 is 0 Å². The van der Waals surface area contributed by atoms with E-state index in [0.29, 0.717) is 11.4 Å². The van der Waals surface area contributed by atoms with Gasteiger partial charge in [-0.25, -0.2) is 8.42 Å². The summed E-state index contributed by atoms with van der Waals surface area (Å²) >= 11 is 3.37. The van der Waals surface area contributed by atoms with Crippen LogP contribution >= 0.6 is 15.9 Å². The lowest BCUT2D eigenvalue weighted by molar-refractivity contribution is -0.114. The summed E-state index contributed by atoms with van der Waals surface area (Å²) in [6, 6.07) is 22.5. The summed E-state index contributed by atoms with van der Waals surface area (Å²) in [5.74, 6) is -0.412. The number of anilines is 2. The molecule has 3 aromatic rings. The number of carbonyl (C=O) groups is 1.